The Balaban J connectivity index is 2.06. The Bertz CT molecular complexity index is 249. The molecule has 1 heterocycles. The Morgan fingerprint density at radius 3 is 2.80 bits per heavy atom. The van der Waals surface area contributed by atoms with E-state index in [4.69, 9.17) is 4.52 Å². The molecule has 0 saturated heterocycles. The molecule has 0 aliphatic heterocycles. The molecule has 15 heavy (non-hydrogen) atoms. The second-order valence-corrected chi connectivity index (χ2v) is 5.28. The van der Waals surface area contributed by atoms with Crippen LogP contribution in [0.15, 0.2) is 16.9 Å². The zero-order valence-corrected chi connectivity index (χ0v) is 10.5. The average Bonchev–Trinajstić information content (AvgIpc) is 2.66. The summed E-state index contributed by atoms with van der Waals surface area (Å²) in [5.74, 6) is 3.16. The van der Waals surface area contributed by atoms with E-state index in [1.165, 1.54) is 5.75 Å². The lowest BCUT2D eigenvalue weighted by atomic mass is 10.3. The third kappa shape index (κ3) is 5.85. The van der Waals surface area contributed by atoms with E-state index in [0.29, 0.717) is 6.04 Å². The van der Waals surface area contributed by atoms with Gasteiger partial charge in [0.1, 0.15) is 6.26 Å². The highest BCUT2D eigenvalue weighted by Crippen LogP contribution is 2.09. The molecule has 3 nitrogen and oxygen atoms in total. The summed E-state index contributed by atoms with van der Waals surface area (Å²) in [6.07, 6.45) is 1.61. The maximum atomic E-state index is 4.76. The Hall–Kier alpha value is -0.480. The second-order valence-electron chi connectivity index (χ2n) is 4.20. The first-order valence-electron chi connectivity index (χ1n) is 5.39. The van der Waals surface area contributed by atoms with Crippen molar-refractivity contribution in [2.24, 2.45) is 5.92 Å². The van der Waals surface area contributed by atoms with Gasteiger partial charge in [0.25, 0.3) is 0 Å². The van der Waals surface area contributed by atoms with Crippen LogP contribution in [0.4, 0.5) is 0 Å². The minimum atomic E-state index is 0.519. The summed E-state index contributed by atoms with van der Waals surface area (Å²) < 4.78 is 4.76. The van der Waals surface area contributed by atoms with Gasteiger partial charge in [-0.25, -0.2) is 0 Å². The lowest BCUT2D eigenvalue weighted by Crippen LogP contribution is -2.28. The standard InChI is InChI=1S/C11H20N2OS/c1-9(2)7-15-8-10(3)12-6-11-4-5-14-13-11/h4-5,9-10,12H,6-8H2,1-3H3. The highest BCUT2D eigenvalue weighted by molar-refractivity contribution is 7.99. The molecule has 86 valence electrons. The molecule has 0 aromatic carbocycles. The van der Waals surface area contributed by atoms with Crippen molar-refractivity contribution >= 4 is 11.8 Å². The van der Waals surface area contributed by atoms with Crippen molar-refractivity contribution in [1.82, 2.24) is 10.5 Å². The molecular weight excluding hydrogens is 208 g/mol. The summed E-state index contributed by atoms with van der Waals surface area (Å²) in [4.78, 5) is 0. The fourth-order valence-corrected chi connectivity index (χ4v) is 2.23. The van der Waals surface area contributed by atoms with Crippen molar-refractivity contribution in [1.29, 1.82) is 0 Å². The SMILES string of the molecule is CC(C)CSCC(C)NCc1ccon1. The predicted octanol–water partition coefficient (Wildman–Crippen LogP) is 2.54. The molecule has 0 radical (unpaired) electrons. The van der Waals surface area contributed by atoms with E-state index >= 15 is 0 Å². The quantitative estimate of drug-likeness (QED) is 0.778. The molecule has 0 bridgehead atoms. The van der Waals surface area contributed by atoms with E-state index in [1.807, 2.05) is 17.8 Å². The van der Waals surface area contributed by atoms with E-state index in [1.54, 1.807) is 6.26 Å². The lowest BCUT2D eigenvalue weighted by Gasteiger charge is -2.12. The van der Waals surface area contributed by atoms with Crippen molar-refractivity contribution in [3.05, 3.63) is 18.0 Å². The molecule has 0 aliphatic rings. The minimum Gasteiger partial charge on any atom is -0.364 e. The average molecular weight is 228 g/mol. The van der Waals surface area contributed by atoms with Crippen molar-refractivity contribution in [2.45, 2.75) is 33.4 Å². The Labute approximate surface area is 96.0 Å². The molecule has 1 atom stereocenters. The number of thioether (sulfide) groups is 1. The van der Waals surface area contributed by atoms with Crippen molar-refractivity contribution < 1.29 is 4.52 Å². The molecule has 0 fully saturated rings. The highest BCUT2D eigenvalue weighted by atomic mass is 32.2. The lowest BCUT2D eigenvalue weighted by molar-refractivity contribution is 0.407. The van der Waals surface area contributed by atoms with Gasteiger partial charge in [0.15, 0.2) is 0 Å². The van der Waals surface area contributed by atoms with Crippen LogP contribution in [-0.4, -0.2) is 22.7 Å². The number of aromatic nitrogens is 1. The molecule has 1 aromatic rings. The number of hydrogen-bond donors (Lipinski definition) is 1. The van der Waals surface area contributed by atoms with E-state index < -0.39 is 0 Å². The molecule has 0 saturated carbocycles. The maximum absolute atomic E-state index is 4.76. The third-order valence-corrected chi connectivity index (χ3v) is 3.58. The van der Waals surface area contributed by atoms with Gasteiger partial charge in [-0.1, -0.05) is 19.0 Å². The van der Waals surface area contributed by atoms with Crippen LogP contribution >= 0.6 is 11.8 Å². The van der Waals surface area contributed by atoms with Gasteiger partial charge in [0.05, 0.1) is 5.69 Å². The first kappa shape index (κ1) is 12.6. The summed E-state index contributed by atoms with van der Waals surface area (Å²) in [5, 5.41) is 7.27. The molecule has 0 amide bonds. The van der Waals surface area contributed by atoms with Gasteiger partial charge in [0.2, 0.25) is 0 Å². The van der Waals surface area contributed by atoms with Gasteiger partial charge in [-0.05, 0) is 18.6 Å². The maximum Gasteiger partial charge on any atom is 0.124 e. The summed E-state index contributed by atoms with van der Waals surface area (Å²) in [6, 6.07) is 2.41. The summed E-state index contributed by atoms with van der Waals surface area (Å²) >= 11 is 2.00. The van der Waals surface area contributed by atoms with Crippen molar-refractivity contribution in [2.75, 3.05) is 11.5 Å². The van der Waals surface area contributed by atoms with E-state index in [9.17, 15) is 0 Å². The van der Waals surface area contributed by atoms with Gasteiger partial charge in [0, 0.05) is 24.4 Å². The smallest absolute Gasteiger partial charge is 0.124 e. The van der Waals surface area contributed by atoms with Gasteiger partial charge in [-0.3, -0.25) is 0 Å². The molecular formula is C11H20N2OS. The van der Waals surface area contributed by atoms with Crippen LogP contribution in [0.2, 0.25) is 0 Å². The van der Waals surface area contributed by atoms with Crippen LogP contribution in [0.1, 0.15) is 26.5 Å². The van der Waals surface area contributed by atoms with Gasteiger partial charge < -0.3 is 9.84 Å². The first-order chi connectivity index (χ1) is 7.18. The van der Waals surface area contributed by atoms with E-state index in [2.05, 4.69) is 31.2 Å². The molecule has 1 aromatic heterocycles. The Morgan fingerprint density at radius 1 is 1.40 bits per heavy atom. The molecule has 1 N–H and O–H groups in total. The number of nitrogens with one attached hydrogen (secondary N) is 1. The topological polar surface area (TPSA) is 38.1 Å². The van der Waals surface area contributed by atoms with Crippen LogP contribution in [0.5, 0.6) is 0 Å². The fourth-order valence-electron chi connectivity index (χ4n) is 1.15. The normalized spacial score (nSPS) is 13.3. The van der Waals surface area contributed by atoms with E-state index in [0.717, 1.165) is 23.9 Å². The number of nitrogens with zero attached hydrogens (tertiary/aromatic N) is 1. The summed E-state index contributed by atoms with van der Waals surface area (Å²) in [6.45, 7) is 7.49. The first-order valence-corrected chi connectivity index (χ1v) is 6.54. The largest absolute Gasteiger partial charge is 0.364 e. The highest BCUT2D eigenvalue weighted by Gasteiger charge is 2.03. The number of rotatable bonds is 7. The monoisotopic (exact) mass is 228 g/mol. The second kappa shape index (κ2) is 6.90. The molecule has 0 aliphatic carbocycles. The molecule has 1 unspecified atom stereocenters. The third-order valence-electron chi connectivity index (χ3n) is 1.94. The molecule has 4 heteroatoms. The fraction of sp³-hybridized carbons (Fsp3) is 0.727. The zero-order valence-electron chi connectivity index (χ0n) is 9.69. The molecule has 0 spiro atoms. The molecule has 1 rings (SSSR count). The predicted molar refractivity (Wildman–Crippen MR) is 65.0 cm³/mol. The van der Waals surface area contributed by atoms with Crippen molar-refractivity contribution in [3.8, 4) is 0 Å². The van der Waals surface area contributed by atoms with Gasteiger partial charge in [-0.2, -0.15) is 11.8 Å². The van der Waals surface area contributed by atoms with Gasteiger partial charge in [-0.15, -0.1) is 0 Å². The Morgan fingerprint density at radius 2 is 2.20 bits per heavy atom. The minimum absolute atomic E-state index is 0.519. The Kier molecular flexibility index (Phi) is 5.79. The van der Waals surface area contributed by atoms with Crippen LogP contribution in [0.25, 0.3) is 0 Å². The van der Waals surface area contributed by atoms with Crippen LogP contribution in [-0.2, 0) is 6.54 Å². The van der Waals surface area contributed by atoms with Crippen LogP contribution in [0.3, 0.4) is 0 Å². The van der Waals surface area contributed by atoms with Crippen LogP contribution < -0.4 is 5.32 Å². The van der Waals surface area contributed by atoms with Gasteiger partial charge >= 0.3 is 0 Å². The van der Waals surface area contributed by atoms with Crippen molar-refractivity contribution in [3.63, 3.8) is 0 Å². The van der Waals surface area contributed by atoms with Crippen LogP contribution in [0, 0.1) is 5.92 Å². The zero-order chi connectivity index (χ0) is 11.1. The summed E-state index contributed by atoms with van der Waals surface area (Å²) in [5.41, 5.74) is 0.968. The number of hydrogen-bond acceptors (Lipinski definition) is 4. The summed E-state index contributed by atoms with van der Waals surface area (Å²) in [7, 11) is 0. The van der Waals surface area contributed by atoms with E-state index in [-0.39, 0.29) is 0 Å².